The summed E-state index contributed by atoms with van der Waals surface area (Å²) in [4.78, 5) is 0. The Kier molecular flexibility index (Phi) is 3.67. The van der Waals surface area contributed by atoms with Crippen molar-refractivity contribution in [2.75, 3.05) is 14.2 Å². The molecule has 1 aromatic heterocycles. The Morgan fingerprint density at radius 1 is 1.22 bits per heavy atom. The number of H-pyrrole nitrogens is 1. The van der Waals surface area contributed by atoms with E-state index in [1.807, 2.05) is 14.0 Å². The number of nitrogens with one attached hydrogen (secondary N) is 2. The van der Waals surface area contributed by atoms with Crippen LogP contribution in [0.5, 0.6) is 5.75 Å². The Hall–Kier alpha value is -1.81. The van der Waals surface area contributed by atoms with Crippen LogP contribution >= 0.6 is 0 Å². The summed E-state index contributed by atoms with van der Waals surface area (Å²) in [6.07, 6.45) is 0. The molecule has 0 spiro atoms. The van der Waals surface area contributed by atoms with E-state index in [1.165, 1.54) is 5.56 Å². The number of hydrogen-bond acceptors (Lipinski definition) is 3. The van der Waals surface area contributed by atoms with Gasteiger partial charge in [-0.05, 0) is 50.2 Å². The number of benzene rings is 1. The van der Waals surface area contributed by atoms with Crippen LogP contribution in [0.25, 0.3) is 11.3 Å². The summed E-state index contributed by atoms with van der Waals surface area (Å²) in [5, 5.41) is 10.5. The maximum atomic E-state index is 5.32. The summed E-state index contributed by atoms with van der Waals surface area (Å²) in [6, 6.07) is 6.25. The number of methoxy groups -OCH3 is 1. The fourth-order valence-corrected chi connectivity index (χ4v) is 2.07. The molecule has 0 aliphatic rings. The zero-order valence-electron chi connectivity index (χ0n) is 11.3. The van der Waals surface area contributed by atoms with E-state index in [9.17, 15) is 0 Å². The Labute approximate surface area is 107 Å². The first kappa shape index (κ1) is 12.6. The van der Waals surface area contributed by atoms with Gasteiger partial charge in [0.15, 0.2) is 0 Å². The van der Waals surface area contributed by atoms with E-state index in [0.717, 1.165) is 34.8 Å². The lowest BCUT2D eigenvalue weighted by Gasteiger charge is -2.09. The quantitative estimate of drug-likeness (QED) is 0.869. The van der Waals surface area contributed by atoms with Crippen molar-refractivity contribution >= 4 is 0 Å². The van der Waals surface area contributed by atoms with Gasteiger partial charge in [0.25, 0.3) is 0 Å². The number of nitrogens with zero attached hydrogens (tertiary/aromatic N) is 1. The first-order chi connectivity index (χ1) is 8.65. The molecule has 0 amide bonds. The van der Waals surface area contributed by atoms with E-state index in [1.54, 1.807) is 7.11 Å². The number of aryl methyl sites for hydroxylation is 2. The molecule has 18 heavy (non-hydrogen) atoms. The lowest BCUT2D eigenvalue weighted by atomic mass is 10.0. The van der Waals surface area contributed by atoms with Gasteiger partial charge in [-0.1, -0.05) is 0 Å². The van der Waals surface area contributed by atoms with Crippen molar-refractivity contribution in [1.82, 2.24) is 15.5 Å². The second-order valence-corrected chi connectivity index (χ2v) is 4.45. The van der Waals surface area contributed by atoms with Crippen LogP contribution in [-0.2, 0) is 6.54 Å². The fourth-order valence-electron chi connectivity index (χ4n) is 2.07. The smallest absolute Gasteiger partial charge is 0.122 e. The molecule has 1 aromatic carbocycles. The third-order valence-corrected chi connectivity index (χ3v) is 3.02. The van der Waals surface area contributed by atoms with Gasteiger partial charge in [-0.25, -0.2) is 0 Å². The molecule has 0 saturated carbocycles. The lowest BCUT2D eigenvalue weighted by Crippen LogP contribution is -2.04. The van der Waals surface area contributed by atoms with Crippen molar-refractivity contribution in [3.05, 3.63) is 35.0 Å². The number of aromatic nitrogens is 2. The zero-order chi connectivity index (χ0) is 13.1. The van der Waals surface area contributed by atoms with Gasteiger partial charge < -0.3 is 10.1 Å². The highest BCUT2D eigenvalue weighted by atomic mass is 16.5. The van der Waals surface area contributed by atoms with Crippen LogP contribution in [0.2, 0.25) is 0 Å². The van der Waals surface area contributed by atoms with Crippen LogP contribution in [0, 0.1) is 13.8 Å². The van der Waals surface area contributed by atoms with E-state index >= 15 is 0 Å². The van der Waals surface area contributed by atoms with E-state index < -0.39 is 0 Å². The minimum atomic E-state index is 0.793. The molecule has 0 fully saturated rings. The molecule has 0 atom stereocenters. The van der Waals surface area contributed by atoms with E-state index in [0.29, 0.717) is 0 Å². The first-order valence-electron chi connectivity index (χ1n) is 6.00. The van der Waals surface area contributed by atoms with Crippen LogP contribution in [0.1, 0.15) is 16.8 Å². The third kappa shape index (κ3) is 2.38. The molecule has 1 heterocycles. The van der Waals surface area contributed by atoms with Crippen molar-refractivity contribution in [2.24, 2.45) is 0 Å². The molecular formula is C14H19N3O. The highest BCUT2D eigenvalue weighted by Crippen LogP contribution is 2.29. The molecule has 0 unspecified atom stereocenters. The van der Waals surface area contributed by atoms with Gasteiger partial charge in [-0.2, -0.15) is 5.10 Å². The summed E-state index contributed by atoms with van der Waals surface area (Å²) in [6.45, 7) is 4.91. The maximum Gasteiger partial charge on any atom is 0.122 e. The van der Waals surface area contributed by atoms with Crippen molar-refractivity contribution in [3.63, 3.8) is 0 Å². The van der Waals surface area contributed by atoms with Crippen LogP contribution in [0.4, 0.5) is 0 Å². The Morgan fingerprint density at radius 2 is 2.00 bits per heavy atom. The average molecular weight is 245 g/mol. The van der Waals surface area contributed by atoms with E-state index in [2.05, 4.69) is 40.6 Å². The van der Waals surface area contributed by atoms with Gasteiger partial charge in [-0.15, -0.1) is 0 Å². The van der Waals surface area contributed by atoms with Crippen molar-refractivity contribution in [2.45, 2.75) is 20.4 Å². The molecule has 0 bridgehead atoms. The van der Waals surface area contributed by atoms with Gasteiger partial charge in [0, 0.05) is 17.8 Å². The van der Waals surface area contributed by atoms with Crippen molar-refractivity contribution < 1.29 is 4.74 Å². The van der Waals surface area contributed by atoms with Gasteiger partial charge in [0.05, 0.1) is 12.8 Å². The second-order valence-electron chi connectivity index (χ2n) is 4.45. The summed E-state index contributed by atoms with van der Waals surface area (Å²) < 4.78 is 5.32. The van der Waals surface area contributed by atoms with Gasteiger partial charge in [0.1, 0.15) is 5.75 Å². The highest BCUT2D eigenvalue weighted by Gasteiger charge is 2.09. The molecule has 2 N–H and O–H groups in total. The minimum absolute atomic E-state index is 0.793. The number of aromatic amines is 1. The average Bonchev–Trinajstić information content (AvgIpc) is 2.80. The monoisotopic (exact) mass is 245 g/mol. The molecule has 2 aromatic rings. The SMILES string of the molecule is CNCc1cc(-c2cc(C)c(OC)cc2C)n[nH]1. The molecule has 4 heteroatoms. The molecule has 4 nitrogen and oxygen atoms in total. The number of rotatable bonds is 4. The Bertz CT molecular complexity index is 546. The topological polar surface area (TPSA) is 49.9 Å². The molecule has 0 saturated heterocycles. The highest BCUT2D eigenvalue weighted by molar-refractivity contribution is 5.66. The number of hydrogen-bond donors (Lipinski definition) is 2. The summed E-state index contributed by atoms with van der Waals surface area (Å²) in [7, 11) is 3.62. The first-order valence-corrected chi connectivity index (χ1v) is 6.00. The van der Waals surface area contributed by atoms with Crippen LogP contribution in [0.15, 0.2) is 18.2 Å². The normalized spacial score (nSPS) is 10.7. The van der Waals surface area contributed by atoms with Gasteiger partial charge >= 0.3 is 0 Å². The molecule has 0 aliphatic carbocycles. The van der Waals surface area contributed by atoms with Crippen LogP contribution in [-0.4, -0.2) is 24.4 Å². The Balaban J connectivity index is 2.40. The molecule has 2 rings (SSSR count). The van der Waals surface area contributed by atoms with Gasteiger partial charge in [0.2, 0.25) is 0 Å². The largest absolute Gasteiger partial charge is 0.496 e. The van der Waals surface area contributed by atoms with E-state index in [-0.39, 0.29) is 0 Å². The standard InChI is InChI=1S/C14H19N3O/c1-9-6-14(18-4)10(2)5-12(9)13-7-11(8-15-3)16-17-13/h5-7,15H,8H2,1-4H3,(H,16,17). The predicted molar refractivity (Wildman–Crippen MR) is 72.8 cm³/mol. The number of ether oxygens (including phenoxy) is 1. The Morgan fingerprint density at radius 3 is 2.67 bits per heavy atom. The third-order valence-electron chi connectivity index (χ3n) is 3.02. The fraction of sp³-hybridized carbons (Fsp3) is 0.357. The van der Waals surface area contributed by atoms with E-state index in [4.69, 9.17) is 4.74 Å². The zero-order valence-corrected chi connectivity index (χ0v) is 11.3. The lowest BCUT2D eigenvalue weighted by molar-refractivity contribution is 0.411. The van der Waals surface area contributed by atoms with Crippen LogP contribution in [0.3, 0.4) is 0 Å². The molecule has 0 radical (unpaired) electrons. The van der Waals surface area contributed by atoms with Crippen molar-refractivity contribution in [3.8, 4) is 17.0 Å². The molecule has 0 aliphatic heterocycles. The summed E-state index contributed by atoms with van der Waals surface area (Å²) >= 11 is 0. The molecule has 96 valence electrons. The predicted octanol–water partition coefficient (Wildman–Crippen LogP) is 2.42. The second kappa shape index (κ2) is 5.23. The summed E-state index contributed by atoms with van der Waals surface area (Å²) in [5.41, 5.74) is 5.49. The maximum absolute atomic E-state index is 5.32. The van der Waals surface area contributed by atoms with Crippen LogP contribution < -0.4 is 10.1 Å². The minimum Gasteiger partial charge on any atom is -0.496 e. The van der Waals surface area contributed by atoms with Crippen molar-refractivity contribution in [1.29, 1.82) is 0 Å². The van der Waals surface area contributed by atoms with Gasteiger partial charge in [-0.3, -0.25) is 5.10 Å². The summed E-state index contributed by atoms with van der Waals surface area (Å²) in [5.74, 6) is 0.919. The molecular weight excluding hydrogens is 226 g/mol.